The molecule has 3 aromatic carbocycles. The standard InChI is InChI=1S/C37H33F3N4O4S/c1-43(19-22-11-12-23-6-2-3-7-24(23)16-22)33(47)26-18-30(49-21-26)36(13-14-36)35-41-29-10-5-15-44(20-28(29)32(46)42-35)34(48)31(45)25-8-4-9-27(17-25)37(38,39)40/h2-4,6-9,11-12,16-18,21,31,45H,5,10,13-15,19-20H2,1H3,(H,41,42,46)/t31-/m1/s1. The first kappa shape index (κ1) is 32.7. The topological polar surface area (TPSA) is 107 Å². The summed E-state index contributed by atoms with van der Waals surface area (Å²) in [6.45, 7) is 0.533. The van der Waals surface area contributed by atoms with E-state index in [4.69, 9.17) is 4.98 Å². The highest BCUT2D eigenvalue weighted by Crippen LogP contribution is 2.54. The molecule has 5 aromatic rings. The Kier molecular flexibility index (Phi) is 8.40. The van der Waals surface area contributed by atoms with Gasteiger partial charge in [0.05, 0.1) is 34.3 Å². The molecule has 0 spiro atoms. The molecule has 7 rings (SSSR count). The molecule has 12 heteroatoms. The first-order valence-corrected chi connectivity index (χ1v) is 16.9. The number of carbonyl (C=O) groups is 2. The molecule has 1 aliphatic carbocycles. The van der Waals surface area contributed by atoms with Crippen molar-refractivity contribution in [2.75, 3.05) is 13.6 Å². The monoisotopic (exact) mass is 686 g/mol. The minimum Gasteiger partial charge on any atom is -0.378 e. The van der Waals surface area contributed by atoms with Gasteiger partial charge in [0.15, 0.2) is 6.10 Å². The van der Waals surface area contributed by atoms with Gasteiger partial charge in [0.2, 0.25) is 0 Å². The molecule has 1 fully saturated rings. The van der Waals surface area contributed by atoms with Crippen LogP contribution in [-0.4, -0.2) is 50.3 Å². The number of aromatic amines is 1. The number of aromatic nitrogens is 2. The highest BCUT2D eigenvalue weighted by molar-refractivity contribution is 7.10. The van der Waals surface area contributed by atoms with E-state index in [2.05, 4.69) is 23.2 Å². The number of rotatable bonds is 7. The average molecular weight is 687 g/mol. The quantitative estimate of drug-likeness (QED) is 0.207. The third kappa shape index (κ3) is 6.38. The summed E-state index contributed by atoms with van der Waals surface area (Å²) < 4.78 is 39.7. The molecule has 2 aliphatic rings. The molecule has 0 saturated heterocycles. The molecule has 3 heterocycles. The van der Waals surface area contributed by atoms with E-state index in [0.717, 1.165) is 52.3 Å². The first-order chi connectivity index (χ1) is 23.4. The number of aliphatic hydroxyl groups is 1. The molecule has 8 nitrogen and oxygen atoms in total. The first-order valence-electron chi connectivity index (χ1n) is 16.0. The van der Waals surface area contributed by atoms with Gasteiger partial charge in [0.1, 0.15) is 5.82 Å². The van der Waals surface area contributed by atoms with E-state index >= 15 is 0 Å². The zero-order valence-electron chi connectivity index (χ0n) is 26.6. The second-order valence-electron chi connectivity index (χ2n) is 12.9. The molecule has 2 amide bonds. The Hall–Kier alpha value is -4.81. The molecule has 252 valence electrons. The van der Waals surface area contributed by atoms with Crippen molar-refractivity contribution < 1.29 is 27.9 Å². The Morgan fingerprint density at radius 3 is 2.59 bits per heavy atom. The SMILES string of the molecule is CN(Cc1ccc2ccccc2c1)C(=O)c1csc(C2(c3nc4c(c(=O)[nH]3)CN(C(=O)[C@H](O)c3cccc(C(F)(F)F)c3)CCC4)CC2)c1. The Bertz CT molecular complexity index is 2140. The van der Waals surface area contributed by atoms with E-state index in [1.807, 2.05) is 35.7 Å². The number of nitrogens with one attached hydrogen (secondary N) is 1. The Morgan fingerprint density at radius 1 is 1.06 bits per heavy atom. The molecule has 2 N–H and O–H groups in total. The van der Waals surface area contributed by atoms with Crippen LogP contribution in [0.3, 0.4) is 0 Å². The summed E-state index contributed by atoms with van der Waals surface area (Å²) in [5.74, 6) is -0.368. The van der Waals surface area contributed by atoms with Gasteiger partial charge in [0.25, 0.3) is 17.4 Å². The Morgan fingerprint density at radius 2 is 1.84 bits per heavy atom. The van der Waals surface area contributed by atoms with Crippen molar-refractivity contribution in [1.82, 2.24) is 19.8 Å². The zero-order chi connectivity index (χ0) is 34.5. The van der Waals surface area contributed by atoms with Gasteiger partial charge in [-0.05, 0) is 71.8 Å². The highest BCUT2D eigenvalue weighted by atomic mass is 32.1. The molecule has 0 radical (unpaired) electrons. The number of alkyl halides is 3. The number of hydrogen-bond acceptors (Lipinski definition) is 6. The Labute approximate surface area is 283 Å². The fourth-order valence-corrected chi connectivity index (χ4v) is 7.71. The van der Waals surface area contributed by atoms with E-state index in [1.165, 1.54) is 22.3 Å². The van der Waals surface area contributed by atoms with Gasteiger partial charge in [-0.3, -0.25) is 14.4 Å². The number of nitrogens with zero attached hydrogens (tertiary/aromatic N) is 3. The number of fused-ring (bicyclic) bond motifs is 2. The molecular weight excluding hydrogens is 653 g/mol. The lowest BCUT2D eigenvalue weighted by atomic mass is 10.0. The maximum Gasteiger partial charge on any atom is 0.416 e. The summed E-state index contributed by atoms with van der Waals surface area (Å²) in [4.78, 5) is 51.9. The maximum atomic E-state index is 13.5. The number of hydrogen-bond donors (Lipinski definition) is 2. The number of thiophene rings is 1. The summed E-state index contributed by atoms with van der Waals surface area (Å²) in [6, 6.07) is 20.2. The van der Waals surface area contributed by atoms with Crippen molar-refractivity contribution in [3.05, 3.63) is 133 Å². The van der Waals surface area contributed by atoms with Crippen LogP contribution in [0.4, 0.5) is 13.2 Å². The van der Waals surface area contributed by atoms with E-state index in [1.54, 1.807) is 11.9 Å². The summed E-state index contributed by atoms with van der Waals surface area (Å²) in [7, 11) is 1.78. The number of aliphatic hydroxyl groups excluding tert-OH is 1. The molecule has 49 heavy (non-hydrogen) atoms. The number of benzene rings is 3. The van der Waals surface area contributed by atoms with Gasteiger partial charge < -0.3 is 19.9 Å². The van der Waals surface area contributed by atoms with Gasteiger partial charge in [-0.1, -0.05) is 48.5 Å². The van der Waals surface area contributed by atoms with Crippen LogP contribution in [0.25, 0.3) is 10.8 Å². The largest absolute Gasteiger partial charge is 0.416 e. The number of carbonyl (C=O) groups excluding carboxylic acids is 2. The van der Waals surface area contributed by atoms with Gasteiger partial charge in [-0.2, -0.15) is 13.2 Å². The summed E-state index contributed by atoms with van der Waals surface area (Å²) >= 11 is 1.46. The average Bonchev–Trinajstić information content (AvgIpc) is 3.81. The number of H-pyrrole nitrogens is 1. The van der Waals surface area contributed by atoms with Crippen LogP contribution < -0.4 is 5.56 Å². The van der Waals surface area contributed by atoms with Crippen LogP contribution in [0, 0.1) is 0 Å². The molecule has 1 saturated carbocycles. The van der Waals surface area contributed by atoms with Crippen LogP contribution >= 0.6 is 11.3 Å². The lowest BCUT2D eigenvalue weighted by molar-refractivity contribution is -0.142. The smallest absolute Gasteiger partial charge is 0.378 e. The van der Waals surface area contributed by atoms with E-state index < -0.39 is 34.7 Å². The van der Waals surface area contributed by atoms with Gasteiger partial charge in [-0.25, -0.2) is 4.98 Å². The fourth-order valence-electron chi connectivity index (χ4n) is 6.56. The maximum absolute atomic E-state index is 13.5. The van der Waals surface area contributed by atoms with Crippen LogP contribution in [0.1, 0.15) is 74.4 Å². The summed E-state index contributed by atoms with van der Waals surface area (Å²) in [5, 5.41) is 14.8. The lowest BCUT2D eigenvalue weighted by Crippen LogP contribution is -2.36. The number of aryl methyl sites for hydroxylation is 1. The summed E-state index contributed by atoms with van der Waals surface area (Å²) in [6.07, 6.45) is -4.05. The van der Waals surface area contributed by atoms with Gasteiger partial charge in [0, 0.05) is 30.4 Å². The normalized spacial score (nSPS) is 16.1. The van der Waals surface area contributed by atoms with E-state index in [0.29, 0.717) is 42.0 Å². The number of amides is 2. The molecular formula is C37H33F3N4O4S. The van der Waals surface area contributed by atoms with Crippen molar-refractivity contribution in [1.29, 1.82) is 0 Å². The fraction of sp³-hybridized carbons (Fsp3) is 0.297. The van der Waals surface area contributed by atoms with Crippen molar-refractivity contribution >= 4 is 33.9 Å². The van der Waals surface area contributed by atoms with Crippen LogP contribution in [0.2, 0.25) is 0 Å². The van der Waals surface area contributed by atoms with Crippen molar-refractivity contribution in [2.24, 2.45) is 0 Å². The van der Waals surface area contributed by atoms with Crippen molar-refractivity contribution in [3.8, 4) is 0 Å². The summed E-state index contributed by atoms with van der Waals surface area (Å²) in [5.41, 5.74) is 0.390. The van der Waals surface area contributed by atoms with Crippen LogP contribution in [0.5, 0.6) is 0 Å². The van der Waals surface area contributed by atoms with Crippen LogP contribution in [-0.2, 0) is 35.9 Å². The van der Waals surface area contributed by atoms with Gasteiger partial charge >= 0.3 is 6.18 Å². The van der Waals surface area contributed by atoms with E-state index in [-0.39, 0.29) is 24.6 Å². The van der Waals surface area contributed by atoms with Crippen molar-refractivity contribution in [2.45, 2.75) is 56.5 Å². The molecule has 2 aromatic heterocycles. The molecule has 0 bridgehead atoms. The predicted octanol–water partition coefficient (Wildman–Crippen LogP) is 6.36. The predicted molar refractivity (Wildman–Crippen MR) is 179 cm³/mol. The lowest BCUT2D eigenvalue weighted by Gasteiger charge is -2.24. The van der Waals surface area contributed by atoms with E-state index in [9.17, 15) is 32.7 Å². The molecule has 0 unspecified atom stereocenters. The minimum atomic E-state index is -4.62. The molecule has 1 atom stereocenters. The number of halogens is 3. The second-order valence-corrected chi connectivity index (χ2v) is 13.8. The third-order valence-corrected chi connectivity index (χ3v) is 10.6. The molecule has 1 aliphatic heterocycles. The van der Waals surface area contributed by atoms with Crippen molar-refractivity contribution in [3.63, 3.8) is 0 Å². The Balaban J connectivity index is 1.07. The van der Waals surface area contributed by atoms with Gasteiger partial charge in [-0.15, -0.1) is 11.3 Å². The third-order valence-electron chi connectivity index (χ3n) is 9.47. The zero-order valence-corrected chi connectivity index (χ0v) is 27.4. The highest BCUT2D eigenvalue weighted by Gasteiger charge is 2.50. The van der Waals surface area contributed by atoms with Crippen LogP contribution in [0.15, 0.2) is 83.0 Å². The second kappa shape index (κ2) is 12.6. The minimum absolute atomic E-state index is 0.105.